The summed E-state index contributed by atoms with van der Waals surface area (Å²) in [6.07, 6.45) is 5.32. The van der Waals surface area contributed by atoms with Gasteiger partial charge in [-0.25, -0.2) is 9.97 Å². The summed E-state index contributed by atoms with van der Waals surface area (Å²) in [5, 5.41) is 7.26. The Hall–Kier alpha value is -2.74. The van der Waals surface area contributed by atoms with Crippen LogP contribution in [0.1, 0.15) is 40.6 Å². The number of hydrogen-bond acceptors (Lipinski definition) is 5. The average molecular weight is 354 g/mol. The Bertz CT molecular complexity index is 968. The molecule has 1 amide bonds. The Morgan fingerprint density at radius 1 is 1.27 bits per heavy atom. The monoisotopic (exact) mass is 354 g/mol. The number of imidazole rings is 1. The zero-order chi connectivity index (χ0) is 18.3. The predicted molar refractivity (Wildman–Crippen MR) is 97.3 cm³/mol. The van der Waals surface area contributed by atoms with E-state index in [4.69, 9.17) is 4.74 Å². The van der Waals surface area contributed by atoms with Crippen molar-refractivity contribution in [3.8, 4) is 0 Å². The molecule has 8 heteroatoms. The zero-order valence-corrected chi connectivity index (χ0v) is 15.2. The maximum Gasteiger partial charge on any atom is 0.257 e. The number of aryl methyl sites for hydroxylation is 2. The standard InChI is InChI=1S/C18H22N6O2/c1-11-16(12(2)23(3)22-11)21-18(25)13-8-15-17(19-9-13)24(10-20-15)14-4-6-26-7-5-14/h8-10,14H,4-7H2,1-3H3,(H,21,25). The molecular weight excluding hydrogens is 332 g/mol. The molecule has 0 radical (unpaired) electrons. The van der Waals surface area contributed by atoms with Crippen molar-refractivity contribution in [1.82, 2.24) is 24.3 Å². The number of carbonyl (C=O) groups is 1. The van der Waals surface area contributed by atoms with Gasteiger partial charge in [0.2, 0.25) is 0 Å². The second-order valence-electron chi connectivity index (χ2n) is 6.69. The Morgan fingerprint density at radius 3 is 2.73 bits per heavy atom. The highest BCUT2D eigenvalue weighted by Gasteiger charge is 2.20. The maximum atomic E-state index is 12.6. The number of amides is 1. The number of fused-ring (bicyclic) bond motifs is 1. The van der Waals surface area contributed by atoms with Crippen molar-refractivity contribution in [3.63, 3.8) is 0 Å². The average Bonchev–Trinajstić information content (AvgIpc) is 3.18. The van der Waals surface area contributed by atoms with E-state index >= 15 is 0 Å². The molecule has 3 aromatic heterocycles. The van der Waals surface area contributed by atoms with Gasteiger partial charge in [0.15, 0.2) is 5.65 Å². The second-order valence-corrected chi connectivity index (χ2v) is 6.69. The largest absolute Gasteiger partial charge is 0.381 e. The lowest BCUT2D eigenvalue weighted by Crippen LogP contribution is -2.19. The number of ether oxygens (including phenoxy) is 1. The number of aromatic nitrogens is 5. The first-order valence-corrected chi connectivity index (χ1v) is 8.76. The molecule has 1 fully saturated rings. The summed E-state index contributed by atoms with van der Waals surface area (Å²) in [6, 6.07) is 2.13. The molecule has 0 unspecified atom stereocenters. The molecule has 4 heterocycles. The molecule has 1 N–H and O–H groups in total. The highest BCUT2D eigenvalue weighted by atomic mass is 16.5. The molecule has 1 aliphatic heterocycles. The normalized spacial score (nSPS) is 15.5. The van der Waals surface area contributed by atoms with E-state index < -0.39 is 0 Å². The van der Waals surface area contributed by atoms with Crippen LogP contribution < -0.4 is 5.32 Å². The van der Waals surface area contributed by atoms with Gasteiger partial charge in [-0.2, -0.15) is 5.10 Å². The number of pyridine rings is 1. The van der Waals surface area contributed by atoms with Gasteiger partial charge in [-0.3, -0.25) is 9.48 Å². The highest BCUT2D eigenvalue weighted by Crippen LogP contribution is 2.25. The van der Waals surface area contributed by atoms with Crippen LogP contribution in [0.5, 0.6) is 0 Å². The quantitative estimate of drug-likeness (QED) is 0.780. The Labute approximate surface area is 151 Å². The van der Waals surface area contributed by atoms with Gasteiger partial charge in [-0.05, 0) is 32.8 Å². The fourth-order valence-electron chi connectivity index (χ4n) is 3.41. The molecule has 0 atom stereocenters. The van der Waals surface area contributed by atoms with Crippen molar-refractivity contribution in [2.45, 2.75) is 32.7 Å². The molecule has 0 bridgehead atoms. The molecule has 0 aromatic carbocycles. The Balaban J connectivity index is 1.60. The van der Waals surface area contributed by atoms with Crippen LogP contribution in [-0.2, 0) is 11.8 Å². The van der Waals surface area contributed by atoms with Crippen LogP contribution in [0.15, 0.2) is 18.6 Å². The first-order valence-electron chi connectivity index (χ1n) is 8.76. The van der Waals surface area contributed by atoms with E-state index in [9.17, 15) is 4.79 Å². The van der Waals surface area contributed by atoms with Crippen LogP contribution in [0.25, 0.3) is 11.2 Å². The Kier molecular flexibility index (Phi) is 4.20. The van der Waals surface area contributed by atoms with Crippen molar-refractivity contribution in [3.05, 3.63) is 35.5 Å². The molecule has 1 saturated heterocycles. The lowest BCUT2D eigenvalue weighted by molar-refractivity contribution is 0.0704. The van der Waals surface area contributed by atoms with E-state index in [1.165, 1.54) is 0 Å². The fourth-order valence-corrected chi connectivity index (χ4v) is 3.41. The molecular formula is C18H22N6O2. The van der Waals surface area contributed by atoms with Gasteiger partial charge in [0.25, 0.3) is 5.91 Å². The smallest absolute Gasteiger partial charge is 0.257 e. The van der Waals surface area contributed by atoms with Gasteiger partial charge >= 0.3 is 0 Å². The minimum Gasteiger partial charge on any atom is -0.381 e. The van der Waals surface area contributed by atoms with Crippen LogP contribution in [-0.4, -0.2) is 43.4 Å². The molecule has 0 aliphatic carbocycles. The molecule has 136 valence electrons. The second kappa shape index (κ2) is 6.53. The summed E-state index contributed by atoms with van der Waals surface area (Å²) in [4.78, 5) is 21.6. The van der Waals surface area contributed by atoms with Crippen LogP contribution in [0.2, 0.25) is 0 Å². The number of carbonyl (C=O) groups excluding carboxylic acids is 1. The van der Waals surface area contributed by atoms with Crippen LogP contribution in [0, 0.1) is 13.8 Å². The van der Waals surface area contributed by atoms with Crippen molar-refractivity contribution in [1.29, 1.82) is 0 Å². The van der Waals surface area contributed by atoms with Crippen LogP contribution in [0.3, 0.4) is 0 Å². The highest BCUT2D eigenvalue weighted by molar-refractivity contribution is 6.05. The lowest BCUT2D eigenvalue weighted by atomic mass is 10.1. The predicted octanol–water partition coefficient (Wildman–Crippen LogP) is 2.39. The number of hydrogen-bond donors (Lipinski definition) is 1. The minimum atomic E-state index is -0.209. The summed E-state index contributed by atoms with van der Waals surface area (Å²) >= 11 is 0. The van der Waals surface area contributed by atoms with Crippen molar-refractivity contribution in [2.24, 2.45) is 7.05 Å². The fraction of sp³-hybridized carbons (Fsp3) is 0.444. The van der Waals surface area contributed by atoms with Crippen LogP contribution >= 0.6 is 0 Å². The van der Waals surface area contributed by atoms with E-state index in [0.717, 1.165) is 54.3 Å². The first-order chi connectivity index (χ1) is 12.5. The first kappa shape index (κ1) is 16.7. The third-order valence-corrected chi connectivity index (χ3v) is 5.01. The summed E-state index contributed by atoms with van der Waals surface area (Å²) in [5.74, 6) is -0.209. The van der Waals surface area contributed by atoms with E-state index in [1.54, 1.807) is 16.9 Å². The third kappa shape index (κ3) is 2.86. The molecule has 26 heavy (non-hydrogen) atoms. The van der Waals surface area contributed by atoms with E-state index in [1.807, 2.05) is 27.2 Å². The van der Waals surface area contributed by atoms with Crippen molar-refractivity contribution >= 4 is 22.8 Å². The minimum absolute atomic E-state index is 0.209. The number of anilines is 1. The number of nitrogens with zero attached hydrogens (tertiary/aromatic N) is 5. The molecule has 8 nitrogen and oxygen atoms in total. The van der Waals surface area contributed by atoms with Crippen molar-refractivity contribution in [2.75, 3.05) is 18.5 Å². The topological polar surface area (TPSA) is 86.9 Å². The summed E-state index contributed by atoms with van der Waals surface area (Å²) in [6.45, 7) is 5.31. The lowest BCUT2D eigenvalue weighted by Gasteiger charge is -2.23. The summed E-state index contributed by atoms with van der Waals surface area (Å²) in [5.41, 5.74) is 4.46. The number of nitrogens with one attached hydrogen (secondary N) is 1. The Morgan fingerprint density at radius 2 is 2.04 bits per heavy atom. The maximum absolute atomic E-state index is 12.6. The summed E-state index contributed by atoms with van der Waals surface area (Å²) < 4.78 is 9.27. The van der Waals surface area contributed by atoms with Gasteiger partial charge in [-0.1, -0.05) is 0 Å². The molecule has 0 saturated carbocycles. The van der Waals surface area contributed by atoms with Crippen LogP contribution in [0.4, 0.5) is 5.69 Å². The van der Waals surface area contributed by atoms with Gasteiger partial charge in [0, 0.05) is 32.5 Å². The van der Waals surface area contributed by atoms with Gasteiger partial charge in [0.1, 0.15) is 5.52 Å². The molecule has 4 rings (SSSR count). The van der Waals surface area contributed by atoms with E-state index in [2.05, 4.69) is 25.0 Å². The van der Waals surface area contributed by atoms with Gasteiger partial charge in [-0.15, -0.1) is 0 Å². The van der Waals surface area contributed by atoms with E-state index in [-0.39, 0.29) is 5.91 Å². The number of rotatable bonds is 3. The van der Waals surface area contributed by atoms with Crippen molar-refractivity contribution < 1.29 is 9.53 Å². The molecule has 0 spiro atoms. The van der Waals surface area contributed by atoms with Gasteiger partial charge in [0.05, 0.1) is 29.0 Å². The zero-order valence-electron chi connectivity index (χ0n) is 15.2. The molecule has 3 aromatic rings. The SMILES string of the molecule is Cc1nn(C)c(C)c1NC(=O)c1cnc2c(c1)ncn2C1CCOCC1. The van der Waals surface area contributed by atoms with Gasteiger partial charge < -0.3 is 14.6 Å². The summed E-state index contributed by atoms with van der Waals surface area (Å²) in [7, 11) is 1.86. The van der Waals surface area contributed by atoms with E-state index in [0.29, 0.717) is 11.6 Å². The third-order valence-electron chi connectivity index (χ3n) is 5.01. The molecule has 1 aliphatic rings.